The Hall–Kier alpha value is -0.870. The lowest BCUT2D eigenvalue weighted by molar-refractivity contribution is 0.109. The van der Waals surface area contributed by atoms with Gasteiger partial charge in [-0.2, -0.15) is 0 Å². The third kappa shape index (κ3) is 2.62. The van der Waals surface area contributed by atoms with Crippen molar-refractivity contribution in [2.45, 2.75) is 25.9 Å². The molecule has 16 heavy (non-hydrogen) atoms. The highest BCUT2D eigenvalue weighted by atomic mass is 35.5. The van der Waals surface area contributed by atoms with E-state index < -0.39 is 0 Å². The largest absolute Gasteiger partial charge is 0.393 e. The van der Waals surface area contributed by atoms with Crippen molar-refractivity contribution in [2.75, 3.05) is 18.0 Å². The smallest absolute Gasteiger partial charge is 0.225 e. The first-order valence-electron chi connectivity index (χ1n) is 5.57. The lowest BCUT2D eigenvalue weighted by Gasteiger charge is -2.33. The van der Waals surface area contributed by atoms with E-state index in [-0.39, 0.29) is 6.10 Å². The van der Waals surface area contributed by atoms with Gasteiger partial charge in [-0.15, -0.1) is 0 Å². The zero-order valence-corrected chi connectivity index (χ0v) is 10.1. The van der Waals surface area contributed by atoms with Crippen LogP contribution in [0.3, 0.4) is 0 Å². The van der Waals surface area contributed by atoms with Crippen LogP contribution in [0.25, 0.3) is 0 Å². The van der Waals surface area contributed by atoms with Crippen LogP contribution in [0.1, 0.15) is 19.8 Å². The highest BCUT2D eigenvalue weighted by Crippen LogP contribution is 2.23. The quantitative estimate of drug-likeness (QED) is 0.857. The van der Waals surface area contributed by atoms with Gasteiger partial charge in [-0.05, 0) is 25.7 Å². The molecule has 0 bridgehead atoms. The summed E-state index contributed by atoms with van der Waals surface area (Å²) in [4.78, 5) is 10.5. The van der Waals surface area contributed by atoms with E-state index in [0.717, 1.165) is 31.9 Å². The molecule has 4 nitrogen and oxygen atoms in total. The van der Waals surface area contributed by atoms with Crippen LogP contribution in [0.15, 0.2) is 12.4 Å². The second-order valence-corrected chi connectivity index (χ2v) is 4.70. The maximum Gasteiger partial charge on any atom is 0.225 e. The van der Waals surface area contributed by atoms with Gasteiger partial charge in [0.05, 0.1) is 23.5 Å². The molecular formula is C11H16ClN3O. The number of hydrogen-bond acceptors (Lipinski definition) is 4. The highest BCUT2D eigenvalue weighted by molar-refractivity contribution is 6.30. The summed E-state index contributed by atoms with van der Waals surface area (Å²) in [5.74, 6) is 1.14. The summed E-state index contributed by atoms with van der Waals surface area (Å²) in [5.41, 5.74) is 0. The van der Waals surface area contributed by atoms with Crippen LogP contribution in [-0.4, -0.2) is 34.3 Å². The van der Waals surface area contributed by atoms with Crippen LogP contribution in [0.5, 0.6) is 0 Å². The molecule has 1 atom stereocenters. The molecule has 1 aromatic rings. The predicted octanol–water partition coefficient (Wildman–Crippen LogP) is 1.73. The molecule has 88 valence electrons. The number of aromatic nitrogens is 2. The topological polar surface area (TPSA) is 49.2 Å². The van der Waals surface area contributed by atoms with E-state index in [1.54, 1.807) is 12.4 Å². The Balaban J connectivity index is 1.96. The summed E-state index contributed by atoms with van der Waals surface area (Å²) in [7, 11) is 0. The third-order valence-electron chi connectivity index (χ3n) is 3.11. The Morgan fingerprint density at radius 1 is 1.38 bits per heavy atom. The Morgan fingerprint density at radius 2 is 1.94 bits per heavy atom. The fourth-order valence-electron chi connectivity index (χ4n) is 2.05. The number of aliphatic hydroxyl groups excluding tert-OH is 1. The summed E-state index contributed by atoms with van der Waals surface area (Å²) in [6, 6.07) is 0. The van der Waals surface area contributed by atoms with E-state index in [0.29, 0.717) is 10.9 Å². The average Bonchev–Trinajstić information content (AvgIpc) is 2.30. The molecule has 2 heterocycles. The predicted molar refractivity (Wildman–Crippen MR) is 63.7 cm³/mol. The molecule has 1 aliphatic rings. The summed E-state index contributed by atoms with van der Waals surface area (Å²) in [6.07, 6.45) is 5.00. The van der Waals surface area contributed by atoms with Gasteiger partial charge >= 0.3 is 0 Å². The first-order valence-corrected chi connectivity index (χ1v) is 5.95. The Kier molecular flexibility index (Phi) is 3.61. The molecule has 1 unspecified atom stereocenters. The molecule has 1 N–H and O–H groups in total. The monoisotopic (exact) mass is 241 g/mol. The number of nitrogens with zero attached hydrogens (tertiary/aromatic N) is 3. The zero-order valence-electron chi connectivity index (χ0n) is 9.30. The van der Waals surface area contributed by atoms with E-state index in [9.17, 15) is 5.11 Å². The number of piperidine rings is 1. The van der Waals surface area contributed by atoms with Crippen molar-refractivity contribution in [3.05, 3.63) is 17.4 Å². The number of halogens is 1. The Labute approximate surface area is 100 Å². The zero-order chi connectivity index (χ0) is 11.5. The van der Waals surface area contributed by atoms with Gasteiger partial charge in [0.1, 0.15) is 0 Å². The van der Waals surface area contributed by atoms with Gasteiger partial charge in [-0.1, -0.05) is 11.6 Å². The van der Waals surface area contributed by atoms with E-state index in [2.05, 4.69) is 14.9 Å². The van der Waals surface area contributed by atoms with Crippen molar-refractivity contribution in [3.8, 4) is 0 Å². The van der Waals surface area contributed by atoms with Gasteiger partial charge < -0.3 is 10.0 Å². The Morgan fingerprint density at radius 3 is 2.44 bits per heavy atom. The maximum absolute atomic E-state index is 9.50. The van der Waals surface area contributed by atoms with Crippen molar-refractivity contribution in [1.82, 2.24) is 9.97 Å². The van der Waals surface area contributed by atoms with Crippen molar-refractivity contribution in [3.63, 3.8) is 0 Å². The van der Waals surface area contributed by atoms with Crippen molar-refractivity contribution >= 4 is 17.5 Å². The van der Waals surface area contributed by atoms with Crippen molar-refractivity contribution in [2.24, 2.45) is 5.92 Å². The molecule has 5 heteroatoms. The molecule has 1 aromatic heterocycles. The molecule has 1 aliphatic heterocycles. The van der Waals surface area contributed by atoms with Crippen LogP contribution < -0.4 is 4.90 Å². The van der Waals surface area contributed by atoms with Crippen LogP contribution >= 0.6 is 11.6 Å². The fourth-order valence-corrected chi connectivity index (χ4v) is 2.15. The first-order chi connectivity index (χ1) is 7.66. The van der Waals surface area contributed by atoms with Crippen molar-refractivity contribution < 1.29 is 5.11 Å². The van der Waals surface area contributed by atoms with Crippen LogP contribution in [-0.2, 0) is 0 Å². The summed E-state index contributed by atoms with van der Waals surface area (Å²) < 4.78 is 0. The molecule has 0 radical (unpaired) electrons. The van der Waals surface area contributed by atoms with Gasteiger partial charge in [0.15, 0.2) is 0 Å². The lowest BCUT2D eigenvalue weighted by Crippen LogP contribution is -2.37. The number of aliphatic hydroxyl groups is 1. The molecule has 0 saturated carbocycles. The fraction of sp³-hybridized carbons (Fsp3) is 0.636. The van der Waals surface area contributed by atoms with E-state index >= 15 is 0 Å². The normalized spacial score (nSPS) is 19.8. The molecular weight excluding hydrogens is 226 g/mol. The van der Waals surface area contributed by atoms with Crippen LogP contribution in [0.4, 0.5) is 5.95 Å². The van der Waals surface area contributed by atoms with Crippen LogP contribution in [0.2, 0.25) is 5.02 Å². The summed E-state index contributed by atoms with van der Waals surface area (Å²) in [5, 5.41) is 10.1. The maximum atomic E-state index is 9.50. The molecule has 2 rings (SSSR count). The minimum Gasteiger partial charge on any atom is -0.393 e. The van der Waals surface area contributed by atoms with Crippen LogP contribution in [0, 0.1) is 5.92 Å². The second-order valence-electron chi connectivity index (χ2n) is 4.27. The van der Waals surface area contributed by atoms with E-state index in [4.69, 9.17) is 11.6 Å². The van der Waals surface area contributed by atoms with Gasteiger partial charge in [0, 0.05) is 13.1 Å². The number of hydrogen-bond donors (Lipinski definition) is 1. The van der Waals surface area contributed by atoms with E-state index in [1.807, 2.05) is 6.92 Å². The van der Waals surface area contributed by atoms with Gasteiger partial charge in [0.25, 0.3) is 0 Å². The minimum absolute atomic E-state index is 0.215. The molecule has 0 spiro atoms. The SMILES string of the molecule is CC(O)C1CCN(c2ncc(Cl)cn2)CC1. The Bertz CT molecular complexity index is 334. The molecule has 0 aliphatic carbocycles. The average molecular weight is 242 g/mol. The van der Waals surface area contributed by atoms with Gasteiger partial charge in [-0.25, -0.2) is 9.97 Å². The van der Waals surface area contributed by atoms with Gasteiger partial charge in [-0.3, -0.25) is 0 Å². The standard InChI is InChI=1S/C11H16ClN3O/c1-8(16)9-2-4-15(5-3-9)11-13-6-10(12)7-14-11/h6-9,16H,2-5H2,1H3. The highest BCUT2D eigenvalue weighted by Gasteiger charge is 2.23. The van der Waals surface area contributed by atoms with E-state index in [1.165, 1.54) is 0 Å². The summed E-state index contributed by atoms with van der Waals surface area (Å²) in [6.45, 7) is 3.66. The number of rotatable bonds is 2. The number of anilines is 1. The molecule has 0 amide bonds. The van der Waals surface area contributed by atoms with Crippen molar-refractivity contribution in [1.29, 1.82) is 0 Å². The molecule has 1 fully saturated rings. The molecule has 1 saturated heterocycles. The minimum atomic E-state index is -0.215. The first kappa shape index (κ1) is 11.6. The van der Waals surface area contributed by atoms with Gasteiger partial charge in [0.2, 0.25) is 5.95 Å². The lowest BCUT2D eigenvalue weighted by atomic mass is 9.92. The second kappa shape index (κ2) is 4.97. The summed E-state index contributed by atoms with van der Waals surface area (Å²) >= 11 is 5.74. The molecule has 0 aromatic carbocycles. The third-order valence-corrected chi connectivity index (χ3v) is 3.31.